The van der Waals surface area contributed by atoms with Crippen molar-refractivity contribution in [3.63, 3.8) is 0 Å². The fraction of sp³-hybridized carbons (Fsp3) is 0.571. The van der Waals surface area contributed by atoms with Crippen molar-refractivity contribution in [2.45, 2.75) is 45.1 Å². The lowest BCUT2D eigenvalue weighted by Gasteiger charge is -2.27. The lowest BCUT2D eigenvalue weighted by Crippen LogP contribution is -2.24. The molecule has 0 saturated heterocycles. The molecule has 2 rings (SSSR count). The quantitative estimate of drug-likeness (QED) is 0.801. The van der Waals surface area contributed by atoms with Gasteiger partial charge in [-0.1, -0.05) is 44.5 Å². The minimum absolute atomic E-state index is 0.550. The summed E-state index contributed by atoms with van der Waals surface area (Å²) >= 11 is 0. The van der Waals surface area contributed by atoms with Crippen molar-refractivity contribution < 1.29 is 5.11 Å². The Kier molecular flexibility index (Phi) is 2.83. The van der Waals surface area contributed by atoms with E-state index in [0.717, 1.165) is 25.7 Å². The van der Waals surface area contributed by atoms with E-state index in [0.29, 0.717) is 5.92 Å². The standard InChI is InChI=1S/C14H20O/c1-3-11(2)10-14(15)9-8-12-6-4-5-7-13(12)14/h4-7,11,15H,3,8-10H2,1-2H3. The Morgan fingerprint density at radius 3 is 2.87 bits per heavy atom. The lowest BCUT2D eigenvalue weighted by molar-refractivity contribution is 0.0145. The highest BCUT2D eigenvalue weighted by Gasteiger charge is 2.36. The molecule has 0 fully saturated rings. The van der Waals surface area contributed by atoms with E-state index in [1.807, 2.05) is 6.07 Å². The molecule has 2 unspecified atom stereocenters. The molecule has 2 atom stereocenters. The molecular weight excluding hydrogens is 184 g/mol. The first-order valence-corrected chi connectivity index (χ1v) is 5.96. The van der Waals surface area contributed by atoms with E-state index in [1.54, 1.807) is 0 Å². The zero-order chi connectivity index (χ0) is 10.9. The van der Waals surface area contributed by atoms with E-state index in [9.17, 15) is 5.11 Å². The van der Waals surface area contributed by atoms with Crippen molar-refractivity contribution in [2.75, 3.05) is 0 Å². The number of hydrogen-bond acceptors (Lipinski definition) is 1. The van der Waals surface area contributed by atoms with Gasteiger partial charge in [0.2, 0.25) is 0 Å². The van der Waals surface area contributed by atoms with Crippen LogP contribution in [-0.2, 0) is 12.0 Å². The largest absolute Gasteiger partial charge is 0.385 e. The topological polar surface area (TPSA) is 20.2 Å². The summed E-state index contributed by atoms with van der Waals surface area (Å²) in [5.41, 5.74) is 1.96. The summed E-state index contributed by atoms with van der Waals surface area (Å²) < 4.78 is 0. The SMILES string of the molecule is CCC(C)CC1(O)CCc2ccccc21. The first-order chi connectivity index (χ1) is 7.15. The maximum Gasteiger partial charge on any atom is 0.0904 e. The van der Waals surface area contributed by atoms with Crippen LogP contribution in [0.15, 0.2) is 24.3 Å². The molecule has 1 aliphatic carbocycles. The number of fused-ring (bicyclic) bond motifs is 1. The van der Waals surface area contributed by atoms with Gasteiger partial charge in [0, 0.05) is 0 Å². The first kappa shape index (κ1) is 10.7. The van der Waals surface area contributed by atoms with Crippen LogP contribution >= 0.6 is 0 Å². The maximum absolute atomic E-state index is 10.6. The molecule has 1 aromatic rings. The Morgan fingerprint density at radius 2 is 2.13 bits per heavy atom. The molecule has 0 radical (unpaired) electrons. The summed E-state index contributed by atoms with van der Waals surface area (Å²) in [6.45, 7) is 4.41. The maximum atomic E-state index is 10.6. The highest BCUT2D eigenvalue weighted by Crippen LogP contribution is 2.41. The van der Waals surface area contributed by atoms with Gasteiger partial charge in [0.25, 0.3) is 0 Å². The monoisotopic (exact) mass is 204 g/mol. The van der Waals surface area contributed by atoms with E-state index in [1.165, 1.54) is 11.1 Å². The van der Waals surface area contributed by atoms with Gasteiger partial charge in [-0.05, 0) is 36.3 Å². The molecule has 1 heteroatoms. The number of hydrogen-bond donors (Lipinski definition) is 1. The van der Waals surface area contributed by atoms with E-state index in [-0.39, 0.29) is 0 Å². The fourth-order valence-electron chi connectivity index (χ4n) is 2.60. The molecule has 0 bridgehead atoms. The van der Waals surface area contributed by atoms with E-state index in [2.05, 4.69) is 32.0 Å². The molecule has 0 heterocycles. The van der Waals surface area contributed by atoms with Crippen molar-refractivity contribution in [1.82, 2.24) is 0 Å². The third-order valence-corrected chi connectivity index (χ3v) is 3.71. The highest BCUT2D eigenvalue weighted by atomic mass is 16.3. The summed E-state index contributed by atoms with van der Waals surface area (Å²) in [6.07, 6.45) is 3.98. The molecule has 1 N–H and O–H groups in total. The molecule has 1 aromatic carbocycles. The average Bonchev–Trinajstić information content (AvgIpc) is 2.57. The molecule has 0 aromatic heterocycles. The zero-order valence-corrected chi connectivity index (χ0v) is 9.66. The van der Waals surface area contributed by atoms with Gasteiger partial charge in [0.05, 0.1) is 5.60 Å². The first-order valence-electron chi connectivity index (χ1n) is 5.96. The average molecular weight is 204 g/mol. The van der Waals surface area contributed by atoms with Crippen LogP contribution in [0.5, 0.6) is 0 Å². The zero-order valence-electron chi connectivity index (χ0n) is 9.66. The molecule has 0 aliphatic heterocycles. The predicted molar refractivity (Wildman–Crippen MR) is 62.7 cm³/mol. The van der Waals surface area contributed by atoms with Gasteiger partial charge >= 0.3 is 0 Å². The van der Waals surface area contributed by atoms with Gasteiger partial charge in [0.1, 0.15) is 0 Å². The van der Waals surface area contributed by atoms with Crippen molar-refractivity contribution in [1.29, 1.82) is 0 Å². The minimum Gasteiger partial charge on any atom is -0.385 e. The molecule has 0 saturated carbocycles. The van der Waals surface area contributed by atoms with Crippen LogP contribution in [0.2, 0.25) is 0 Å². The number of rotatable bonds is 3. The third kappa shape index (κ3) is 1.93. The summed E-state index contributed by atoms with van der Waals surface area (Å²) in [7, 11) is 0. The van der Waals surface area contributed by atoms with Crippen molar-refractivity contribution >= 4 is 0 Å². The molecule has 0 spiro atoms. The normalized spacial score (nSPS) is 26.3. The second-order valence-corrected chi connectivity index (χ2v) is 4.91. The Bertz CT molecular complexity index is 345. The molecule has 1 nitrogen and oxygen atoms in total. The minimum atomic E-state index is -0.550. The van der Waals surface area contributed by atoms with E-state index < -0.39 is 5.60 Å². The van der Waals surface area contributed by atoms with Crippen LogP contribution in [0.4, 0.5) is 0 Å². The van der Waals surface area contributed by atoms with Crippen LogP contribution in [0, 0.1) is 5.92 Å². The molecular formula is C14H20O. The summed E-state index contributed by atoms with van der Waals surface area (Å²) in [4.78, 5) is 0. The second-order valence-electron chi connectivity index (χ2n) is 4.91. The van der Waals surface area contributed by atoms with Crippen LogP contribution in [0.25, 0.3) is 0 Å². The summed E-state index contributed by atoms with van der Waals surface area (Å²) in [5.74, 6) is 0.598. The number of aliphatic hydroxyl groups is 1. The lowest BCUT2D eigenvalue weighted by atomic mass is 9.85. The van der Waals surface area contributed by atoms with Gasteiger partial charge in [0.15, 0.2) is 0 Å². The van der Waals surface area contributed by atoms with Crippen LogP contribution < -0.4 is 0 Å². The van der Waals surface area contributed by atoms with Gasteiger partial charge in [-0.3, -0.25) is 0 Å². The Labute approximate surface area is 92.1 Å². The molecule has 15 heavy (non-hydrogen) atoms. The Morgan fingerprint density at radius 1 is 1.40 bits per heavy atom. The highest BCUT2D eigenvalue weighted by molar-refractivity contribution is 5.37. The second kappa shape index (κ2) is 3.97. The van der Waals surface area contributed by atoms with Gasteiger partial charge in [-0.15, -0.1) is 0 Å². The van der Waals surface area contributed by atoms with Gasteiger partial charge < -0.3 is 5.11 Å². The van der Waals surface area contributed by atoms with Crippen LogP contribution in [0.1, 0.15) is 44.2 Å². The smallest absolute Gasteiger partial charge is 0.0904 e. The van der Waals surface area contributed by atoms with Crippen molar-refractivity contribution in [3.8, 4) is 0 Å². The molecule has 1 aliphatic rings. The third-order valence-electron chi connectivity index (χ3n) is 3.71. The predicted octanol–water partition coefficient (Wildman–Crippen LogP) is 3.26. The fourth-order valence-corrected chi connectivity index (χ4v) is 2.60. The number of benzene rings is 1. The van der Waals surface area contributed by atoms with Crippen molar-refractivity contribution in [3.05, 3.63) is 35.4 Å². The molecule has 0 amide bonds. The van der Waals surface area contributed by atoms with Gasteiger partial charge in [-0.2, -0.15) is 0 Å². The van der Waals surface area contributed by atoms with E-state index >= 15 is 0 Å². The molecule has 82 valence electrons. The Hall–Kier alpha value is -0.820. The van der Waals surface area contributed by atoms with Crippen LogP contribution in [-0.4, -0.2) is 5.11 Å². The van der Waals surface area contributed by atoms with Gasteiger partial charge in [-0.25, -0.2) is 0 Å². The van der Waals surface area contributed by atoms with E-state index in [4.69, 9.17) is 0 Å². The number of aryl methyl sites for hydroxylation is 1. The Balaban J connectivity index is 2.24. The van der Waals surface area contributed by atoms with Crippen molar-refractivity contribution in [2.24, 2.45) is 5.92 Å². The summed E-state index contributed by atoms with van der Waals surface area (Å²) in [6, 6.07) is 8.33. The van der Waals surface area contributed by atoms with Crippen LogP contribution in [0.3, 0.4) is 0 Å². The summed E-state index contributed by atoms with van der Waals surface area (Å²) in [5, 5.41) is 10.6.